The fraction of sp³-hybridized carbons (Fsp3) is 0.250. The Bertz CT molecular complexity index is 464. The van der Waals surface area contributed by atoms with Gasteiger partial charge in [-0.2, -0.15) is 0 Å². The summed E-state index contributed by atoms with van der Waals surface area (Å²) in [5.74, 6) is 0.905. The molecule has 0 amide bonds. The predicted octanol–water partition coefficient (Wildman–Crippen LogP) is 3.74. The summed E-state index contributed by atoms with van der Waals surface area (Å²) in [5, 5.41) is 3.49. The van der Waals surface area contributed by atoms with Crippen molar-refractivity contribution in [3.8, 4) is 5.75 Å². The fourth-order valence-corrected chi connectivity index (χ4v) is 1.99. The molecule has 1 atom stereocenters. The molecule has 0 aromatic heterocycles. The van der Waals surface area contributed by atoms with Crippen LogP contribution in [0.4, 0.5) is 5.69 Å². The third-order valence-electron chi connectivity index (χ3n) is 2.89. The number of hydrogen-bond acceptors (Lipinski definition) is 2. The molecule has 0 aliphatic rings. The first-order valence-corrected chi connectivity index (χ1v) is 6.22. The molecule has 0 heterocycles. The Labute approximate surface area is 109 Å². The number of methoxy groups -OCH3 is 1. The number of benzene rings is 2. The number of para-hydroxylation sites is 1. The van der Waals surface area contributed by atoms with Gasteiger partial charge in [-0.05, 0) is 43.2 Å². The third-order valence-corrected chi connectivity index (χ3v) is 2.89. The van der Waals surface area contributed by atoms with Gasteiger partial charge in [0.2, 0.25) is 0 Å². The van der Waals surface area contributed by atoms with Crippen LogP contribution >= 0.6 is 0 Å². The monoisotopic (exact) mass is 241 g/mol. The Morgan fingerprint density at radius 3 is 2.28 bits per heavy atom. The summed E-state index contributed by atoms with van der Waals surface area (Å²) in [7, 11) is 1.69. The largest absolute Gasteiger partial charge is 0.497 e. The van der Waals surface area contributed by atoms with Gasteiger partial charge in [0.1, 0.15) is 5.75 Å². The lowest BCUT2D eigenvalue weighted by molar-refractivity contribution is 0.414. The van der Waals surface area contributed by atoms with Crippen molar-refractivity contribution in [1.29, 1.82) is 0 Å². The summed E-state index contributed by atoms with van der Waals surface area (Å²) in [6.07, 6.45) is 0.999. The summed E-state index contributed by atoms with van der Waals surface area (Å²) in [4.78, 5) is 0. The van der Waals surface area contributed by atoms with Crippen LogP contribution in [0, 0.1) is 0 Å². The zero-order valence-corrected chi connectivity index (χ0v) is 10.9. The minimum absolute atomic E-state index is 0.404. The van der Waals surface area contributed by atoms with Crippen LogP contribution < -0.4 is 10.1 Å². The maximum atomic E-state index is 5.15. The predicted molar refractivity (Wildman–Crippen MR) is 76.2 cm³/mol. The lowest BCUT2D eigenvalue weighted by atomic mass is 10.1. The molecule has 0 aliphatic carbocycles. The molecule has 2 aromatic rings. The second-order valence-corrected chi connectivity index (χ2v) is 4.46. The number of hydrogen-bond donors (Lipinski definition) is 1. The maximum absolute atomic E-state index is 5.15. The van der Waals surface area contributed by atoms with E-state index in [9.17, 15) is 0 Å². The van der Waals surface area contributed by atoms with E-state index in [2.05, 4.69) is 36.5 Å². The molecule has 1 N–H and O–H groups in total. The van der Waals surface area contributed by atoms with Crippen molar-refractivity contribution >= 4 is 5.69 Å². The highest BCUT2D eigenvalue weighted by molar-refractivity contribution is 5.43. The van der Waals surface area contributed by atoms with Gasteiger partial charge in [-0.25, -0.2) is 0 Å². The minimum Gasteiger partial charge on any atom is -0.497 e. The number of anilines is 1. The van der Waals surface area contributed by atoms with Crippen molar-refractivity contribution in [2.75, 3.05) is 12.4 Å². The quantitative estimate of drug-likeness (QED) is 0.861. The molecule has 0 bridgehead atoms. The van der Waals surface area contributed by atoms with Crippen LogP contribution in [-0.4, -0.2) is 13.2 Å². The molecular formula is C16H19NO. The maximum Gasteiger partial charge on any atom is 0.118 e. The Hall–Kier alpha value is -1.96. The molecule has 2 rings (SSSR count). The first-order valence-electron chi connectivity index (χ1n) is 6.22. The Kier molecular flexibility index (Phi) is 4.24. The summed E-state index contributed by atoms with van der Waals surface area (Å²) in [6, 6.07) is 18.9. The molecule has 1 unspecified atom stereocenters. The lowest BCUT2D eigenvalue weighted by Crippen LogP contribution is -2.17. The number of rotatable bonds is 5. The third kappa shape index (κ3) is 3.52. The molecule has 0 saturated carbocycles. The molecule has 18 heavy (non-hydrogen) atoms. The highest BCUT2D eigenvalue weighted by atomic mass is 16.5. The summed E-state index contributed by atoms with van der Waals surface area (Å²) in [5.41, 5.74) is 2.48. The number of ether oxygens (including phenoxy) is 1. The Morgan fingerprint density at radius 1 is 1.00 bits per heavy atom. The first kappa shape index (κ1) is 12.5. The first-order chi connectivity index (χ1) is 8.78. The van der Waals surface area contributed by atoms with Gasteiger partial charge in [-0.15, -0.1) is 0 Å². The van der Waals surface area contributed by atoms with E-state index in [1.807, 2.05) is 30.3 Å². The second kappa shape index (κ2) is 6.10. The fourth-order valence-electron chi connectivity index (χ4n) is 1.99. The average molecular weight is 241 g/mol. The van der Waals surface area contributed by atoms with Crippen LogP contribution in [0.5, 0.6) is 5.75 Å². The summed E-state index contributed by atoms with van der Waals surface area (Å²) < 4.78 is 5.15. The van der Waals surface area contributed by atoms with Crippen LogP contribution in [0.1, 0.15) is 12.5 Å². The van der Waals surface area contributed by atoms with Crippen LogP contribution in [0.2, 0.25) is 0 Å². The van der Waals surface area contributed by atoms with Crippen molar-refractivity contribution in [2.45, 2.75) is 19.4 Å². The molecule has 0 aliphatic heterocycles. The van der Waals surface area contributed by atoms with E-state index < -0.39 is 0 Å². The summed E-state index contributed by atoms with van der Waals surface area (Å²) in [6.45, 7) is 2.19. The normalized spacial score (nSPS) is 11.9. The van der Waals surface area contributed by atoms with Crippen molar-refractivity contribution in [2.24, 2.45) is 0 Å². The van der Waals surface area contributed by atoms with Gasteiger partial charge in [-0.1, -0.05) is 30.3 Å². The van der Waals surface area contributed by atoms with Crippen LogP contribution in [0.15, 0.2) is 54.6 Å². The van der Waals surface area contributed by atoms with Crippen molar-refractivity contribution < 1.29 is 4.74 Å². The van der Waals surface area contributed by atoms with Gasteiger partial charge >= 0.3 is 0 Å². The molecule has 0 radical (unpaired) electrons. The molecular weight excluding hydrogens is 222 g/mol. The average Bonchev–Trinajstić information content (AvgIpc) is 2.40. The zero-order valence-electron chi connectivity index (χ0n) is 10.9. The minimum atomic E-state index is 0.404. The van der Waals surface area contributed by atoms with Gasteiger partial charge in [-0.3, -0.25) is 0 Å². The van der Waals surface area contributed by atoms with Crippen LogP contribution in [0.3, 0.4) is 0 Å². The van der Waals surface area contributed by atoms with Gasteiger partial charge in [0.15, 0.2) is 0 Å². The number of nitrogens with one attached hydrogen (secondary N) is 1. The molecule has 0 fully saturated rings. The molecule has 0 spiro atoms. The molecule has 0 saturated heterocycles. The highest BCUT2D eigenvalue weighted by Crippen LogP contribution is 2.14. The van der Waals surface area contributed by atoms with Crippen molar-refractivity contribution in [3.05, 3.63) is 60.2 Å². The molecule has 2 heteroatoms. The van der Waals surface area contributed by atoms with E-state index in [-0.39, 0.29) is 0 Å². The van der Waals surface area contributed by atoms with E-state index in [4.69, 9.17) is 4.74 Å². The lowest BCUT2D eigenvalue weighted by Gasteiger charge is -2.15. The van der Waals surface area contributed by atoms with E-state index in [0.29, 0.717) is 6.04 Å². The van der Waals surface area contributed by atoms with Gasteiger partial charge in [0, 0.05) is 11.7 Å². The van der Waals surface area contributed by atoms with E-state index in [1.165, 1.54) is 11.3 Å². The van der Waals surface area contributed by atoms with Gasteiger partial charge in [0.05, 0.1) is 7.11 Å². The van der Waals surface area contributed by atoms with Crippen LogP contribution in [0.25, 0.3) is 0 Å². The SMILES string of the molecule is COc1ccc(CC(C)Nc2ccccc2)cc1. The second-order valence-electron chi connectivity index (χ2n) is 4.46. The molecule has 94 valence electrons. The standard InChI is InChI=1S/C16H19NO/c1-13(17-15-6-4-3-5-7-15)12-14-8-10-16(18-2)11-9-14/h3-11,13,17H,12H2,1-2H3. The highest BCUT2D eigenvalue weighted by Gasteiger charge is 2.03. The molecule has 2 aromatic carbocycles. The van der Waals surface area contributed by atoms with Crippen molar-refractivity contribution in [1.82, 2.24) is 0 Å². The van der Waals surface area contributed by atoms with Gasteiger partial charge < -0.3 is 10.1 Å². The summed E-state index contributed by atoms with van der Waals surface area (Å²) >= 11 is 0. The van der Waals surface area contributed by atoms with E-state index >= 15 is 0 Å². The Morgan fingerprint density at radius 2 is 1.67 bits per heavy atom. The zero-order chi connectivity index (χ0) is 12.8. The smallest absolute Gasteiger partial charge is 0.118 e. The van der Waals surface area contributed by atoms with Crippen LogP contribution in [-0.2, 0) is 6.42 Å². The van der Waals surface area contributed by atoms with E-state index in [0.717, 1.165) is 12.2 Å². The topological polar surface area (TPSA) is 21.3 Å². The van der Waals surface area contributed by atoms with E-state index in [1.54, 1.807) is 7.11 Å². The molecule has 2 nitrogen and oxygen atoms in total. The van der Waals surface area contributed by atoms with Crippen molar-refractivity contribution in [3.63, 3.8) is 0 Å². The van der Waals surface area contributed by atoms with Gasteiger partial charge in [0.25, 0.3) is 0 Å². The Balaban J connectivity index is 1.92.